The highest BCUT2D eigenvalue weighted by molar-refractivity contribution is 5.27. The highest BCUT2D eigenvalue weighted by Gasteiger charge is 2.61. The normalized spacial score (nSPS) is 47.9. The van der Waals surface area contributed by atoms with Crippen LogP contribution in [0.25, 0.3) is 0 Å². The summed E-state index contributed by atoms with van der Waals surface area (Å²) in [5, 5.41) is 21.5. The largest absolute Gasteiger partial charge is 0.393 e. The van der Waals surface area contributed by atoms with Gasteiger partial charge in [0.05, 0.1) is 12.2 Å². The summed E-state index contributed by atoms with van der Waals surface area (Å²) in [6, 6.07) is 0. The van der Waals surface area contributed by atoms with Crippen LogP contribution in [0.5, 0.6) is 0 Å². The Hall–Kier alpha value is -0.340. The zero-order valence-corrected chi connectivity index (χ0v) is 19.7. The Morgan fingerprint density at radius 2 is 1.72 bits per heavy atom. The van der Waals surface area contributed by atoms with Gasteiger partial charge < -0.3 is 10.2 Å². The average Bonchev–Trinajstić information content (AvgIpc) is 3.00. The molecule has 166 valence electrons. The number of hydrogen-bond acceptors (Lipinski definition) is 2. The van der Waals surface area contributed by atoms with Crippen LogP contribution in [0.15, 0.2) is 11.6 Å². The molecule has 1 unspecified atom stereocenters. The van der Waals surface area contributed by atoms with Crippen LogP contribution in [0.3, 0.4) is 0 Å². The molecular formula is C27H46O2. The Morgan fingerprint density at radius 3 is 2.45 bits per heavy atom. The van der Waals surface area contributed by atoms with Gasteiger partial charge in [0.1, 0.15) is 0 Å². The molecule has 2 N–H and O–H groups in total. The quantitative estimate of drug-likeness (QED) is 0.525. The lowest BCUT2D eigenvalue weighted by atomic mass is 9.46. The molecule has 0 saturated heterocycles. The van der Waals surface area contributed by atoms with E-state index in [1.807, 2.05) is 0 Å². The predicted octanol–water partition coefficient (Wildman–Crippen LogP) is 6.36. The van der Waals surface area contributed by atoms with Crippen molar-refractivity contribution in [3.05, 3.63) is 11.6 Å². The number of aliphatic hydroxyl groups is 2. The second kappa shape index (κ2) is 7.97. The Bertz CT molecular complexity index is 624. The zero-order chi connectivity index (χ0) is 21.0. The highest BCUT2D eigenvalue weighted by Crippen LogP contribution is 2.67. The lowest BCUT2D eigenvalue weighted by Crippen LogP contribution is -2.54. The first-order valence-corrected chi connectivity index (χ1v) is 12.7. The third-order valence-corrected chi connectivity index (χ3v) is 10.3. The molecule has 0 radical (unpaired) electrons. The Morgan fingerprint density at radius 1 is 0.966 bits per heavy atom. The van der Waals surface area contributed by atoms with E-state index in [-0.39, 0.29) is 17.6 Å². The molecule has 4 rings (SSSR count). The molecule has 0 aromatic heterocycles. The summed E-state index contributed by atoms with van der Waals surface area (Å²) in [6.45, 7) is 12.2. The van der Waals surface area contributed by atoms with Gasteiger partial charge in [0.15, 0.2) is 0 Å². The first kappa shape index (κ1) is 21.9. The summed E-state index contributed by atoms with van der Waals surface area (Å²) < 4.78 is 0. The van der Waals surface area contributed by atoms with Crippen molar-refractivity contribution in [2.45, 2.75) is 111 Å². The monoisotopic (exact) mass is 402 g/mol. The van der Waals surface area contributed by atoms with Crippen molar-refractivity contribution in [1.29, 1.82) is 0 Å². The van der Waals surface area contributed by atoms with Gasteiger partial charge in [-0.2, -0.15) is 0 Å². The number of aliphatic hydroxyl groups excluding tert-OH is 2. The zero-order valence-electron chi connectivity index (χ0n) is 19.7. The van der Waals surface area contributed by atoms with Gasteiger partial charge in [-0.1, -0.05) is 65.5 Å². The van der Waals surface area contributed by atoms with Gasteiger partial charge in [0.25, 0.3) is 0 Å². The average molecular weight is 403 g/mol. The topological polar surface area (TPSA) is 40.5 Å². The summed E-state index contributed by atoms with van der Waals surface area (Å²) in [4.78, 5) is 0. The van der Waals surface area contributed by atoms with Crippen molar-refractivity contribution < 1.29 is 10.2 Å². The Balaban J connectivity index is 1.54. The minimum absolute atomic E-state index is 0.200. The SMILES string of the molecule is CC(C)CCC[C@@H](C)[C@H]1CC[C@H]2C3[C@@H](O)C=C4C[C@@H](O)CC[C@]4(C)[C@H]3CC[C@]12C. The van der Waals surface area contributed by atoms with Gasteiger partial charge in [-0.25, -0.2) is 0 Å². The molecule has 3 fully saturated rings. The third-order valence-electron chi connectivity index (χ3n) is 10.3. The summed E-state index contributed by atoms with van der Waals surface area (Å²) in [7, 11) is 0. The predicted molar refractivity (Wildman–Crippen MR) is 120 cm³/mol. The van der Waals surface area contributed by atoms with E-state index in [1.54, 1.807) is 0 Å². The van der Waals surface area contributed by atoms with Gasteiger partial charge in [-0.3, -0.25) is 0 Å². The fraction of sp³-hybridized carbons (Fsp3) is 0.926. The van der Waals surface area contributed by atoms with Gasteiger partial charge in [0, 0.05) is 0 Å². The minimum atomic E-state index is -0.298. The van der Waals surface area contributed by atoms with Gasteiger partial charge >= 0.3 is 0 Å². The lowest BCUT2D eigenvalue weighted by Gasteiger charge is -2.59. The van der Waals surface area contributed by atoms with Crippen LogP contribution in [-0.2, 0) is 0 Å². The smallest absolute Gasteiger partial charge is 0.0757 e. The summed E-state index contributed by atoms with van der Waals surface area (Å²) in [6.07, 6.45) is 13.9. The second-order valence-corrected chi connectivity index (χ2v) is 12.3. The number of rotatable bonds is 5. The molecule has 0 aliphatic heterocycles. The van der Waals surface area contributed by atoms with E-state index in [2.05, 4.69) is 40.7 Å². The fourth-order valence-electron chi connectivity index (χ4n) is 8.65. The maximum atomic E-state index is 11.3. The molecule has 3 saturated carbocycles. The molecule has 0 amide bonds. The Labute approximate surface area is 179 Å². The molecule has 9 atom stereocenters. The fourth-order valence-corrected chi connectivity index (χ4v) is 8.65. The Kier molecular flexibility index (Phi) is 6.01. The van der Waals surface area contributed by atoms with Crippen molar-refractivity contribution in [3.8, 4) is 0 Å². The highest BCUT2D eigenvalue weighted by atomic mass is 16.3. The maximum absolute atomic E-state index is 11.3. The lowest BCUT2D eigenvalue weighted by molar-refractivity contribution is -0.0970. The number of hydrogen-bond donors (Lipinski definition) is 2. The van der Waals surface area contributed by atoms with E-state index in [1.165, 1.54) is 50.5 Å². The maximum Gasteiger partial charge on any atom is 0.0757 e. The van der Waals surface area contributed by atoms with Crippen LogP contribution >= 0.6 is 0 Å². The molecule has 29 heavy (non-hydrogen) atoms. The molecule has 2 heteroatoms. The van der Waals surface area contributed by atoms with Crippen LogP contribution in [0.2, 0.25) is 0 Å². The van der Waals surface area contributed by atoms with Crippen molar-refractivity contribution in [2.75, 3.05) is 0 Å². The van der Waals surface area contributed by atoms with Crippen molar-refractivity contribution in [2.24, 2.45) is 46.3 Å². The molecule has 0 spiro atoms. The van der Waals surface area contributed by atoms with Crippen molar-refractivity contribution >= 4 is 0 Å². The van der Waals surface area contributed by atoms with Crippen LogP contribution in [0, 0.1) is 46.3 Å². The molecule has 0 heterocycles. The summed E-state index contributed by atoms with van der Waals surface area (Å²) in [5.74, 6) is 4.18. The number of fused-ring (bicyclic) bond motifs is 5. The van der Waals surface area contributed by atoms with Gasteiger partial charge in [-0.15, -0.1) is 0 Å². The molecule has 4 aliphatic carbocycles. The molecule has 0 aromatic carbocycles. The standard InChI is InChI=1S/C27H46O2/c1-17(2)7-6-8-18(3)21-9-10-22-25-23(12-14-27(21,22)5)26(4)13-11-20(28)15-19(26)16-24(25)29/h16-18,20-25,28-29H,6-15H2,1-5H3/t18-,20+,21-,22+,23+,24+,25?,26+,27-/m1/s1. The molecule has 0 aromatic rings. The van der Waals surface area contributed by atoms with Gasteiger partial charge in [-0.05, 0) is 91.3 Å². The van der Waals surface area contributed by atoms with E-state index < -0.39 is 0 Å². The van der Waals surface area contributed by atoms with Crippen molar-refractivity contribution in [3.63, 3.8) is 0 Å². The van der Waals surface area contributed by atoms with E-state index >= 15 is 0 Å². The van der Waals surface area contributed by atoms with Crippen LogP contribution in [-0.4, -0.2) is 22.4 Å². The van der Waals surface area contributed by atoms with Crippen molar-refractivity contribution in [1.82, 2.24) is 0 Å². The molecule has 4 aliphatic rings. The van der Waals surface area contributed by atoms with E-state index in [0.717, 1.165) is 37.0 Å². The first-order chi connectivity index (χ1) is 13.7. The van der Waals surface area contributed by atoms with Crippen LogP contribution in [0.1, 0.15) is 98.8 Å². The van der Waals surface area contributed by atoms with E-state index in [4.69, 9.17) is 0 Å². The van der Waals surface area contributed by atoms with Crippen LogP contribution in [0.4, 0.5) is 0 Å². The second-order valence-electron chi connectivity index (χ2n) is 12.3. The summed E-state index contributed by atoms with van der Waals surface area (Å²) in [5.41, 5.74) is 1.99. The third kappa shape index (κ3) is 3.65. The van der Waals surface area contributed by atoms with Gasteiger partial charge in [0.2, 0.25) is 0 Å². The van der Waals surface area contributed by atoms with E-state index in [9.17, 15) is 10.2 Å². The first-order valence-electron chi connectivity index (χ1n) is 12.7. The molecule has 0 bridgehead atoms. The molecular weight excluding hydrogens is 356 g/mol. The van der Waals surface area contributed by atoms with Crippen LogP contribution < -0.4 is 0 Å². The minimum Gasteiger partial charge on any atom is -0.393 e. The van der Waals surface area contributed by atoms with E-state index in [0.29, 0.717) is 23.2 Å². The molecule has 2 nitrogen and oxygen atoms in total. The summed E-state index contributed by atoms with van der Waals surface area (Å²) >= 11 is 0.